The summed E-state index contributed by atoms with van der Waals surface area (Å²) in [4.78, 5) is 17.7. The van der Waals surface area contributed by atoms with Gasteiger partial charge in [0.2, 0.25) is 5.91 Å². The number of anilines is 1. The SMILES string of the molecule is O=C(CN1CCCC(O)C1)Nc1ccc(Cl)cn1. The first-order valence-corrected chi connectivity index (χ1v) is 6.33. The molecule has 98 valence electrons. The van der Waals surface area contributed by atoms with Crippen molar-refractivity contribution in [1.29, 1.82) is 0 Å². The number of aliphatic hydroxyl groups excluding tert-OH is 1. The Kier molecular flexibility index (Phi) is 4.52. The van der Waals surface area contributed by atoms with Gasteiger partial charge in [0.1, 0.15) is 5.82 Å². The van der Waals surface area contributed by atoms with Crippen LogP contribution in [0.1, 0.15) is 12.8 Å². The van der Waals surface area contributed by atoms with E-state index < -0.39 is 0 Å². The Morgan fingerprint density at radius 1 is 1.61 bits per heavy atom. The lowest BCUT2D eigenvalue weighted by Gasteiger charge is -2.29. The van der Waals surface area contributed by atoms with E-state index in [1.165, 1.54) is 6.20 Å². The van der Waals surface area contributed by atoms with E-state index in [0.29, 0.717) is 17.4 Å². The number of likely N-dealkylation sites (tertiary alicyclic amines) is 1. The van der Waals surface area contributed by atoms with Crippen molar-refractivity contribution in [2.45, 2.75) is 18.9 Å². The van der Waals surface area contributed by atoms with Crippen LogP contribution >= 0.6 is 11.6 Å². The van der Waals surface area contributed by atoms with E-state index in [0.717, 1.165) is 19.4 Å². The Bertz CT molecular complexity index is 410. The van der Waals surface area contributed by atoms with Gasteiger partial charge in [0, 0.05) is 12.7 Å². The highest BCUT2D eigenvalue weighted by atomic mass is 35.5. The zero-order valence-corrected chi connectivity index (χ0v) is 10.7. The van der Waals surface area contributed by atoms with Gasteiger partial charge in [-0.15, -0.1) is 0 Å². The van der Waals surface area contributed by atoms with Crippen LogP contribution in [0.15, 0.2) is 18.3 Å². The van der Waals surface area contributed by atoms with E-state index in [-0.39, 0.29) is 18.6 Å². The fraction of sp³-hybridized carbons (Fsp3) is 0.500. The van der Waals surface area contributed by atoms with Crippen molar-refractivity contribution in [3.8, 4) is 0 Å². The minimum atomic E-state index is -0.319. The van der Waals surface area contributed by atoms with Gasteiger partial charge in [0.25, 0.3) is 0 Å². The van der Waals surface area contributed by atoms with Crippen LogP contribution in [0.4, 0.5) is 5.82 Å². The molecule has 0 saturated carbocycles. The Hall–Kier alpha value is -1.17. The summed E-state index contributed by atoms with van der Waals surface area (Å²) in [7, 11) is 0. The molecule has 1 aromatic rings. The molecule has 2 N–H and O–H groups in total. The predicted octanol–water partition coefficient (Wildman–Crippen LogP) is 1.13. The van der Waals surface area contributed by atoms with Crippen LogP contribution in [-0.4, -0.2) is 46.6 Å². The summed E-state index contributed by atoms with van der Waals surface area (Å²) in [5, 5.41) is 12.7. The first-order chi connectivity index (χ1) is 8.63. The van der Waals surface area contributed by atoms with Crippen LogP contribution < -0.4 is 5.32 Å². The number of β-amino-alcohol motifs (C(OH)–C–C–N with tert-alkyl or cyclic N) is 1. The van der Waals surface area contributed by atoms with Gasteiger partial charge in [-0.3, -0.25) is 9.69 Å². The second kappa shape index (κ2) is 6.13. The van der Waals surface area contributed by atoms with E-state index in [9.17, 15) is 9.90 Å². The summed E-state index contributed by atoms with van der Waals surface area (Å²) in [6, 6.07) is 3.33. The Morgan fingerprint density at radius 3 is 3.11 bits per heavy atom. The molecule has 1 aliphatic heterocycles. The average molecular weight is 270 g/mol. The molecule has 1 fully saturated rings. The molecule has 1 atom stereocenters. The quantitative estimate of drug-likeness (QED) is 0.863. The van der Waals surface area contributed by atoms with Crippen LogP contribution in [0.25, 0.3) is 0 Å². The molecule has 6 heteroatoms. The zero-order valence-electron chi connectivity index (χ0n) is 9.97. The number of amides is 1. The number of nitrogens with zero attached hydrogens (tertiary/aromatic N) is 2. The second-order valence-electron chi connectivity index (χ2n) is 4.44. The summed E-state index contributed by atoms with van der Waals surface area (Å²) in [6.45, 7) is 1.68. The van der Waals surface area contributed by atoms with Crippen molar-refractivity contribution in [1.82, 2.24) is 9.88 Å². The van der Waals surface area contributed by atoms with E-state index in [1.54, 1.807) is 12.1 Å². The number of nitrogens with one attached hydrogen (secondary N) is 1. The van der Waals surface area contributed by atoms with Crippen molar-refractivity contribution < 1.29 is 9.90 Å². The predicted molar refractivity (Wildman–Crippen MR) is 69.6 cm³/mol. The highest BCUT2D eigenvalue weighted by molar-refractivity contribution is 6.30. The highest BCUT2D eigenvalue weighted by Gasteiger charge is 2.19. The third-order valence-corrected chi connectivity index (χ3v) is 3.07. The smallest absolute Gasteiger partial charge is 0.239 e. The third kappa shape index (κ3) is 3.94. The third-order valence-electron chi connectivity index (χ3n) is 2.84. The number of hydrogen-bond donors (Lipinski definition) is 2. The van der Waals surface area contributed by atoms with Crippen LogP contribution in [0.2, 0.25) is 5.02 Å². The van der Waals surface area contributed by atoms with E-state index in [2.05, 4.69) is 10.3 Å². The molecule has 0 aliphatic carbocycles. The van der Waals surface area contributed by atoms with E-state index >= 15 is 0 Å². The summed E-state index contributed by atoms with van der Waals surface area (Å²) < 4.78 is 0. The Labute approximate surface area is 111 Å². The summed E-state index contributed by atoms with van der Waals surface area (Å²) in [5.74, 6) is 0.362. The van der Waals surface area contributed by atoms with Gasteiger partial charge in [-0.05, 0) is 31.5 Å². The molecule has 0 radical (unpaired) electrons. The molecule has 18 heavy (non-hydrogen) atoms. The van der Waals surface area contributed by atoms with Crippen molar-refractivity contribution in [3.63, 3.8) is 0 Å². The number of aliphatic hydroxyl groups is 1. The lowest BCUT2D eigenvalue weighted by Crippen LogP contribution is -2.42. The number of carbonyl (C=O) groups excluding carboxylic acids is 1. The largest absolute Gasteiger partial charge is 0.392 e. The molecule has 1 saturated heterocycles. The van der Waals surface area contributed by atoms with Gasteiger partial charge in [-0.1, -0.05) is 11.6 Å². The zero-order chi connectivity index (χ0) is 13.0. The first kappa shape index (κ1) is 13.3. The van der Waals surface area contributed by atoms with Crippen molar-refractivity contribution in [2.75, 3.05) is 25.0 Å². The molecule has 5 nitrogen and oxygen atoms in total. The number of pyridine rings is 1. The molecule has 2 rings (SSSR count). The Morgan fingerprint density at radius 2 is 2.44 bits per heavy atom. The molecule has 1 unspecified atom stereocenters. The van der Waals surface area contributed by atoms with Gasteiger partial charge >= 0.3 is 0 Å². The molecule has 0 aromatic carbocycles. The number of rotatable bonds is 3. The molecule has 0 bridgehead atoms. The fourth-order valence-corrected chi connectivity index (χ4v) is 2.12. The Balaban J connectivity index is 1.83. The molecule has 1 aromatic heterocycles. The second-order valence-corrected chi connectivity index (χ2v) is 4.88. The van der Waals surface area contributed by atoms with Gasteiger partial charge in [-0.2, -0.15) is 0 Å². The normalized spacial score (nSPS) is 20.7. The number of piperidine rings is 1. The monoisotopic (exact) mass is 269 g/mol. The average Bonchev–Trinajstić information content (AvgIpc) is 2.32. The minimum Gasteiger partial charge on any atom is -0.392 e. The van der Waals surface area contributed by atoms with E-state index in [1.807, 2.05) is 4.90 Å². The van der Waals surface area contributed by atoms with Crippen molar-refractivity contribution in [3.05, 3.63) is 23.4 Å². The molecule has 1 amide bonds. The van der Waals surface area contributed by atoms with Crippen LogP contribution in [0.3, 0.4) is 0 Å². The van der Waals surface area contributed by atoms with Gasteiger partial charge in [0.05, 0.1) is 17.7 Å². The number of aromatic nitrogens is 1. The van der Waals surface area contributed by atoms with E-state index in [4.69, 9.17) is 11.6 Å². The molecule has 1 aliphatic rings. The van der Waals surface area contributed by atoms with Crippen LogP contribution in [0, 0.1) is 0 Å². The molecule has 2 heterocycles. The summed E-state index contributed by atoms with van der Waals surface area (Å²) in [6.07, 6.45) is 2.91. The molecular weight excluding hydrogens is 254 g/mol. The highest BCUT2D eigenvalue weighted by Crippen LogP contribution is 2.11. The van der Waals surface area contributed by atoms with Crippen molar-refractivity contribution in [2.24, 2.45) is 0 Å². The number of carbonyl (C=O) groups is 1. The minimum absolute atomic E-state index is 0.126. The fourth-order valence-electron chi connectivity index (χ4n) is 2.01. The van der Waals surface area contributed by atoms with Gasteiger partial charge in [0.15, 0.2) is 0 Å². The standard InChI is InChI=1S/C12H16ClN3O2/c13-9-3-4-11(14-6-9)15-12(18)8-16-5-1-2-10(17)7-16/h3-4,6,10,17H,1-2,5,7-8H2,(H,14,15,18). The first-order valence-electron chi connectivity index (χ1n) is 5.95. The van der Waals surface area contributed by atoms with Gasteiger partial charge in [-0.25, -0.2) is 4.98 Å². The lowest BCUT2D eigenvalue weighted by atomic mass is 10.1. The summed E-state index contributed by atoms with van der Waals surface area (Å²) >= 11 is 5.71. The summed E-state index contributed by atoms with van der Waals surface area (Å²) in [5.41, 5.74) is 0. The molecule has 0 spiro atoms. The lowest BCUT2D eigenvalue weighted by molar-refractivity contribution is -0.118. The molecular formula is C12H16ClN3O2. The topological polar surface area (TPSA) is 65.5 Å². The van der Waals surface area contributed by atoms with Crippen LogP contribution in [-0.2, 0) is 4.79 Å². The maximum absolute atomic E-state index is 11.8. The number of hydrogen-bond acceptors (Lipinski definition) is 4. The van der Waals surface area contributed by atoms with Crippen LogP contribution in [0.5, 0.6) is 0 Å². The number of halogens is 1. The maximum atomic E-state index is 11.8. The van der Waals surface area contributed by atoms with Gasteiger partial charge < -0.3 is 10.4 Å². The maximum Gasteiger partial charge on any atom is 0.239 e. The van der Waals surface area contributed by atoms with Crippen molar-refractivity contribution >= 4 is 23.3 Å².